The number of hydrogen-bond donors (Lipinski definition) is 0. The fourth-order valence-electron chi connectivity index (χ4n) is 1.77. The number of rotatable bonds is 2. The van der Waals surface area contributed by atoms with Gasteiger partial charge in [0.25, 0.3) is 0 Å². The summed E-state index contributed by atoms with van der Waals surface area (Å²) in [5.41, 5.74) is 1.96. The van der Waals surface area contributed by atoms with Crippen LogP contribution in [-0.4, -0.2) is 26.7 Å². The summed E-state index contributed by atoms with van der Waals surface area (Å²) in [5, 5.41) is 1.00. The van der Waals surface area contributed by atoms with Crippen LogP contribution < -0.4 is 0 Å². The molecule has 0 amide bonds. The summed E-state index contributed by atoms with van der Waals surface area (Å²) in [6, 6.07) is 1.96. The highest BCUT2D eigenvalue weighted by molar-refractivity contribution is 8.06. The van der Waals surface area contributed by atoms with E-state index in [2.05, 4.69) is 16.9 Å². The maximum atomic E-state index is 5.84. The zero-order valence-electron chi connectivity index (χ0n) is 9.44. The molecule has 88 valence electrons. The van der Waals surface area contributed by atoms with Crippen LogP contribution in [0.2, 0.25) is 0 Å². The van der Waals surface area contributed by atoms with Crippen molar-refractivity contribution >= 4 is 35.1 Å². The van der Waals surface area contributed by atoms with Crippen molar-refractivity contribution < 1.29 is 0 Å². The van der Waals surface area contributed by atoms with Crippen LogP contribution in [0.25, 0.3) is 0 Å². The molecule has 1 aromatic rings. The highest BCUT2D eigenvalue weighted by atomic mass is 35.5. The van der Waals surface area contributed by atoms with Crippen molar-refractivity contribution in [3.05, 3.63) is 23.3 Å². The number of hydrogen-bond acceptors (Lipinski definition) is 4. The molecule has 2 rings (SSSR count). The van der Waals surface area contributed by atoms with Gasteiger partial charge in [0.1, 0.15) is 5.82 Å². The Balaban J connectivity index is 2.27. The van der Waals surface area contributed by atoms with Crippen molar-refractivity contribution in [2.45, 2.75) is 30.2 Å². The van der Waals surface area contributed by atoms with Gasteiger partial charge >= 0.3 is 0 Å². The maximum absolute atomic E-state index is 5.84. The first-order chi connectivity index (χ1) is 7.70. The van der Waals surface area contributed by atoms with Gasteiger partial charge in [0.2, 0.25) is 0 Å². The molecule has 0 aliphatic carbocycles. The topological polar surface area (TPSA) is 25.8 Å². The second kappa shape index (κ2) is 5.61. The standard InChI is InChI=1S/C11H15ClN2S2/c1-7-5-9(6-12)14-11(13-7)10-8(2)15-3-4-16-10/h5,8,10H,3-4,6H2,1-2H3. The number of aryl methyl sites for hydroxylation is 1. The Morgan fingerprint density at radius 3 is 2.81 bits per heavy atom. The van der Waals surface area contributed by atoms with Gasteiger partial charge in [-0.2, -0.15) is 11.8 Å². The molecule has 0 spiro atoms. The van der Waals surface area contributed by atoms with E-state index in [1.807, 2.05) is 36.5 Å². The predicted molar refractivity (Wildman–Crippen MR) is 73.4 cm³/mol. The second-order valence-corrected chi connectivity index (χ2v) is 6.86. The Morgan fingerprint density at radius 2 is 2.12 bits per heavy atom. The predicted octanol–water partition coefficient (Wildman–Crippen LogP) is 3.43. The molecule has 1 fully saturated rings. The van der Waals surface area contributed by atoms with E-state index < -0.39 is 0 Å². The lowest BCUT2D eigenvalue weighted by Gasteiger charge is -2.26. The van der Waals surface area contributed by atoms with Crippen LogP contribution in [0.4, 0.5) is 0 Å². The van der Waals surface area contributed by atoms with Gasteiger partial charge in [0.05, 0.1) is 16.8 Å². The van der Waals surface area contributed by atoms with Gasteiger partial charge in [-0.25, -0.2) is 9.97 Å². The molecule has 5 heteroatoms. The zero-order chi connectivity index (χ0) is 11.5. The van der Waals surface area contributed by atoms with E-state index in [1.165, 1.54) is 11.5 Å². The van der Waals surface area contributed by atoms with E-state index in [9.17, 15) is 0 Å². The Bertz CT molecular complexity index is 373. The molecule has 1 aliphatic heterocycles. The van der Waals surface area contributed by atoms with Gasteiger partial charge in [-0.1, -0.05) is 6.92 Å². The summed E-state index contributed by atoms with van der Waals surface area (Å²) in [7, 11) is 0. The molecule has 0 N–H and O–H groups in total. The first kappa shape index (κ1) is 12.5. The third-order valence-electron chi connectivity index (χ3n) is 2.50. The van der Waals surface area contributed by atoms with Crippen LogP contribution in [0.15, 0.2) is 6.07 Å². The molecule has 2 atom stereocenters. The Labute approximate surface area is 110 Å². The summed E-state index contributed by atoms with van der Waals surface area (Å²) in [6.45, 7) is 4.26. The third kappa shape index (κ3) is 2.84. The van der Waals surface area contributed by atoms with Crippen molar-refractivity contribution in [1.29, 1.82) is 0 Å². The summed E-state index contributed by atoms with van der Waals surface area (Å²) >= 11 is 9.81. The van der Waals surface area contributed by atoms with E-state index in [-0.39, 0.29) is 0 Å². The van der Waals surface area contributed by atoms with Crippen LogP contribution in [0.5, 0.6) is 0 Å². The normalized spacial score (nSPS) is 25.7. The lowest BCUT2D eigenvalue weighted by Crippen LogP contribution is -2.19. The van der Waals surface area contributed by atoms with Crippen LogP contribution in [-0.2, 0) is 5.88 Å². The van der Waals surface area contributed by atoms with Gasteiger partial charge in [-0.05, 0) is 13.0 Å². The van der Waals surface area contributed by atoms with Crippen molar-refractivity contribution in [2.75, 3.05) is 11.5 Å². The second-order valence-electron chi connectivity index (χ2n) is 3.86. The van der Waals surface area contributed by atoms with Crippen molar-refractivity contribution in [1.82, 2.24) is 9.97 Å². The number of nitrogens with zero attached hydrogens (tertiary/aromatic N) is 2. The lowest BCUT2D eigenvalue weighted by atomic mass is 10.2. The molecule has 2 unspecified atom stereocenters. The first-order valence-corrected chi connectivity index (χ1v) is 7.97. The minimum absolute atomic E-state index is 0.417. The average molecular weight is 275 g/mol. The van der Waals surface area contributed by atoms with Crippen molar-refractivity contribution in [3.8, 4) is 0 Å². The molecule has 1 saturated heterocycles. The van der Waals surface area contributed by atoms with E-state index in [4.69, 9.17) is 11.6 Å². The molecule has 0 aromatic carbocycles. The van der Waals surface area contributed by atoms with E-state index >= 15 is 0 Å². The summed E-state index contributed by atoms with van der Waals surface area (Å²) < 4.78 is 0. The maximum Gasteiger partial charge on any atom is 0.142 e. The molecule has 2 nitrogen and oxygen atoms in total. The molecule has 2 heterocycles. The Kier molecular flexibility index (Phi) is 4.39. The van der Waals surface area contributed by atoms with Crippen molar-refractivity contribution in [3.63, 3.8) is 0 Å². The number of halogens is 1. The van der Waals surface area contributed by atoms with Gasteiger partial charge in [-0.15, -0.1) is 23.4 Å². The van der Waals surface area contributed by atoms with E-state index in [0.717, 1.165) is 17.2 Å². The molecule has 0 bridgehead atoms. The Hall–Kier alpha value is 0.0700. The highest BCUT2D eigenvalue weighted by Gasteiger charge is 2.26. The minimum Gasteiger partial charge on any atom is -0.237 e. The van der Waals surface area contributed by atoms with Gasteiger partial charge in [0, 0.05) is 22.4 Å². The molecular weight excluding hydrogens is 260 g/mol. The summed E-state index contributed by atoms with van der Waals surface area (Å²) in [6.07, 6.45) is 0. The largest absolute Gasteiger partial charge is 0.237 e. The monoisotopic (exact) mass is 274 g/mol. The number of alkyl halides is 1. The SMILES string of the molecule is Cc1cc(CCl)nc(C2SCCSC2C)n1. The van der Waals surface area contributed by atoms with E-state index in [1.54, 1.807) is 0 Å². The summed E-state index contributed by atoms with van der Waals surface area (Å²) in [4.78, 5) is 9.10. The molecule has 0 radical (unpaired) electrons. The molecule has 1 aliphatic rings. The van der Waals surface area contributed by atoms with Crippen LogP contribution >= 0.6 is 35.1 Å². The van der Waals surface area contributed by atoms with Gasteiger partial charge in [0.15, 0.2) is 0 Å². The first-order valence-electron chi connectivity index (χ1n) is 5.34. The van der Waals surface area contributed by atoms with E-state index in [0.29, 0.717) is 16.4 Å². The van der Waals surface area contributed by atoms with Gasteiger partial charge in [-0.3, -0.25) is 0 Å². The fraction of sp³-hybridized carbons (Fsp3) is 0.636. The fourth-order valence-corrected chi connectivity index (χ4v) is 4.60. The van der Waals surface area contributed by atoms with Gasteiger partial charge < -0.3 is 0 Å². The molecule has 1 aromatic heterocycles. The molecule has 16 heavy (non-hydrogen) atoms. The van der Waals surface area contributed by atoms with Crippen LogP contribution in [0.3, 0.4) is 0 Å². The van der Waals surface area contributed by atoms with Crippen LogP contribution in [0, 0.1) is 6.92 Å². The molecule has 0 saturated carbocycles. The molecular formula is C11H15ClN2S2. The third-order valence-corrected chi connectivity index (χ3v) is 5.86. The minimum atomic E-state index is 0.417. The smallest absolute Gasteiger partial charge is 0.142 e. The van der Waals surface area contributed by atoms with Crippen molar-refractivity contribution in [2.24, 2.45) is 0 Å². The number of thioether (sulfide) groups is 2. The average Bonchev–Trinajstić information content (AvgIpc) is 2.28. The number of aromatic nitrogens is 2. The summed E-state index contributed by atoms with van der Waals surface area (Å²) in [5.74, 6) is 3.85. The zero-order valence-corrected chi connectivity index (χ0v) is 11.8. The highest BCUT2D eigenvalue weighted by Crippen LogP contribution is 2.41. The van der Waals surface area contributed by atoms with Crippen LogP contribution in [0.1, 0.15) is 29.4 Å². The lowest BCUT2D eigenvalue weighted by molar-refractivity contribution is 0.803. The quantitative estimate of drug-likeness (QED) is 0.772. The Morgan fingerprint density at radius 1 is 1.38 bits per heavy atom.